The maximum Gasteiger partial charge on any atom is 0.238 e. The third-order valence-electron chi connectivity index (χ3n) is 2.97. The van der Waals surface area contributed by atoms with Gasteiger partial charge in [-0.05, 0) is 26.1 Å². The number of rotatable bonds is 5. The molecule has 1 amide bonds. The number of benzene rings is 1. The van der Waals surface area contributed by atoms with E-state index in [9.17, 15) is 4.79 Å². The minimum Gasteiger partial charge on any atom is -0.395 e. The van der Waals surface area contributed by atoms with E-state index in [1.807, 2.05) is 19.1 Å². The van der Waals surface area contributed by atoms with Crippen LogP contribution in [0.25, 0.3) is 0 Å². The van der Waals surface area contributed by atoms with Crippen LogP contribution in [0.1, 0.15) is 6.92 Å². The molecule has 2 N–H and O–H groups in total. The van der Waals surface area contributed by atoms with Gasteiger partial charge in [-0.25, -0.2) is 0 Å². The number of likely N-dealkylation sites (N-methyl/N-ethyl adjacent to an activating group) is 1. The average Bonchev–Trinajstić information content (AvgIpc) is 2.87. The number of nitrogens with one attached hydrogen (secondary N) is 1. The second-order valence-electron chi connectivity index (χ2n) is 4.43. The first-order valence-corrected chi connectivity index (χ1v) is 6.67. The molecule has 0 aliphatic carbocycles. The lowest BCUT2D eigenvalue weighted by Gasteiger charge is -2.22. The van der Waals surface area contributed by atoms with E-state index in [0.717, 1.165) is 17.0 Å². The Kier molecular flexibility index (Phi) is 4.41. The van der Waals surface area contributed by atoms with Gasteiger partial charge in [-0.15, -0.1) is 0 Å². The molecule has 0 fully saturated rings. The summed E-state index contributed by atoms with van der Waals surface area (Å²) >= 11 is 1.12. The van der Waals surface area contributed by atoms with Crippen LogP contribution in [0.15, 0.2) is 26.9 Å². The van der Waals surface area contributed by atoms with Gasteiger partial charge in [0.25, 0.3) is 0 Å². The van der Waals surface area contributed by atoms with Gasteiger partial charge >= 0.3 is 0 Å². The van der Waals surface area contributed by atoms with Crippen LogP contribution in [0.2, 0.25) is 0 Å². The van der Waals surface area contributed by atoms with Gasteiger partial charge in [0.05, 0.1) is 30.2 Å². The molecule has 0 saturated heterocycles. The highest BCUT2D eigenvalue weighted by Crippen LogP contribution is 2.38. The molecular formula is C12H16N4O2S. The topological polar surface area (TPSA) is 77.3 Å². The van der Waals surface area contributed by atoms with Gasteiger partial charge in [0.2, 0.25) is 5.91 Å². The first kappa shape index (κ1) is 13.9. The molecular weight excluding hydrogens is 264 g/mol. The van der Waals surface area contributed by atoms with E-state index in [-0.39, 0.29) is 25.1 Å². The van der Waals surface area contributed by atoms with Crippen molar-refractivity contribution < 1.29 is 9.90 Å². The van der Waals surface area contributed by atoms with Crippen molar-refractivity contribution in [3.05, 3.63) is 18.2 Å². The summed E-state index contributed by atoms with van der Waals surface area (Å²) in [6.07, 6.45) is 0. The fraction of sp³-hybridized carbons (Fsp3) is 0.417. The summed E-state index contributed by atoms with van der Waals surface area (Å²) in [6.45, 7) is 2.10. The Morgan fingerprint density at radius 3 is 3.05 bits per heavy atom. The molecule has 0 spiro atoms. The lowest BCUT2D eigenvalue weighted by atomic mass is 10.2. The number of anilines is 1. The Balaban J connectivity index is 2.01. The predicted octanol–water partition coefficient (Wildman–Crippen LogP) is 1.66. The monoisotopic (exact) mass is 280 g/mol. The van der Waals surface area contributed by atoms with E-state index in [1.54, 1.807) is 18.0 Å². The summed E-state index contributed by atoms with van der Waals surface area (Å²) in [4.78, 5) is 13.7. The number of hydrogen-bond acceptors (Lipinski definition) is 5. The number of amides is 1. The van der Waals surface area contributed by atoms with E-state index in [0.29, 0.717) is 11.4 Å². The summed E-state index contributed by atoms with van der Waals surface area (Å²) in [5.74, 6) is -0.136. The lowest BCUT2D eigenvalue weighted by molar-refractivity contribution is -0.117. The second-order valence-corrected chi connectivity index (χ2v) is 4.96. The van der Waals surface area contributed by atoms with Crippen LogP contribution in [-0.4, -0.2) is 42.2 Å². The van der Waals surface area contributed by atoms with Gasteiger partial charge in [0.1, 0.15) is 11.4 Å². The van der Waals surface area contributed by atoms with Crippen LogP contribution in [0.3, 0.4) is 0 Å². The molecule has 0 radical (unpaired) electrons. The SMILES string of the molecule is CC(CO)N(C)CC(=O)Nc1cccc2c1N=S=N2. The zero-order chi connectivity index (χ0) is 13.8. The number of fused-ring (bicyclic) bond motifs is 1. The van der Waals surface area contributed by atoms with E-state index in [1.165, 1.54) is 0 Å². The average molecular weight is 280 g/mol. The number of carbonyl (C=O) groups is 1. The Morgan fingerprint density at radius 2 is 2.32 bits per heavy atom. The number of carbonyl (C=O) groups excluding carboxylic acids is 1. The van der Waals surface area contributed by atoms with Gasteiger partial charge in [-0.1, -0.05) is 6.07 Å². The summed E-state index contributed by atoms with van der Waals surface area (Å²) in [5, 5.41) is 11.9. The molecule has 6 nitrogen and oxygen atoms in total. The van der Waals surface area contributed by atoms with Gasteiger partial charge in [0.15, 0.2) is 0 Å². The zero-order valence-electron chi connectivity index (χ0n) is 10.8. The largest absolute Gasteiger partial charge is 0.395 e. The van der Waals surface area contributed by atoms with Crippen LogP contribution >= 0.6 is 0 Å². The molecule has 1 heterocycles. The van der Waals surface area contributed by atoms with Gasteiger partial charge in [-0.3, -0.25) is 9.69 Å². The van der Waals surface area contributed by atoms with Crippen molar-refractivity contribution in [3.8, 4) is 0 Å². The van der Waals surface area contributed by atoms with Crippen LogP contribution in [-0.2, 0) is 16.1 Å². The molecule has 2 rings (SSSR count). The Morgan fingerprint density at radius 1 is 1.53 bits per heavy atom. The molecule has 1 unspecified atom stereocenters. The molecule has 0 saturated carbocycles. The van der Waals surface area contributed by atoms with Crippen LogP contribution < -0.4 is 5.32 Å². The molecule has 1 aromatic carbocycles. The molecule has 1 aliphatic heterocycles. The van der Waals surface area contributed by atoms with E-state index < -0.39 is 0 Å². The smallest absolute Gasteiger partial charge is 0.238 e. The predicted molar refractivity (Wildman–Crippen MR) is 75.8 cm³/mol. The molecule has 102 valence electrons. The first-order chi connectivity index (χ1) is 9.11. The number of aliphatic hydroxyl groups excluding tert-OH is 1. The van der Waals surface area contributed by atoms with Crippen molar-refractivity contribution in [1.29, 1.82) is 0 Å². The first-order valence-electron chi connectivity index (χ1n) is 5.94. The molecule has 0 bridgehead atoms. The maximum atomic E-state index is 11.9. The molecule has 0 aromatic heterocycles. The summed E-state index contributed by atoms with van der Waals surface area (Å²) in [6, 6.07) is 5.44. The van der Waals surface area contributed by atoms with Gasteiger partial charge < -0.3 is 10.4 Å². The summed E-state index contributed by atoms with van der Waals surface area (Å²) < 4.78 is 8.29. The lowest BCUT2D eigenvalue weighted by Crippen LogP contribution is -2.38. The minimum atomic E-state index is -0.136. The molecule has 7 heteroatoms. The highest BCUT2D eigenvalue weighted by Gasteiger charge is 2.15. The molecule has 1 aromatic rings. The fourth-order valence-corrected chi connectivity index (χ4v) is 2.17. The van der Waals surface area contributed by atoms with E-state index >= 15 is 0 Å². The highest BCUT2D eigenvalue weighted by molar-refractivity contribution is 7.58. The molecule has 1 atom stereocenters. The molecule has 19 heavy (non-hydrogen) atoms. The van der Waals surface area contributed by atoms with Crippen LogP contribution in [0.5, 0.6) is 0 Å². The van der Waals surface area contributed by atoms with Gasteiger partial charge in [-0.2, -0.15) is 8.73 Å². The Bertz CT molecular complexity index is 555. The summed E-state index contributed by atoms with van der Waals surface area (Å²) in [5.41, 5.74) is 2.15. The number of nitrogens with zero attached hydrogens (tertiary/aromatic N) is 3. The van der Waals surface area contributed by atoms with Gasteiger partial charge in [0, 0.05) is 6.04 Å². The van der Waals surface area contributed by atoms with Crippen LogP contribution in [0.4, 0.5) is 17.1 Å². The maximum absolute atomic E-state index is 11.9. The van der Waals surface area contributed by atoms with Crippen molar-refractivity contribution in [2.24, 2.45) is 8.73 Å². The standard InChI is InChI=1S/C12H16N4O2S/c1-8(7-17)16(2)6-11(18)13-9-4-3-5-10-12(9)15-19-14-10/h3-5,8,17H,6-7H2,1-2H3,(H,13,18). The third kappa shape index (κ3) is 3.25. The number of hydrogen-bond donors (Lipinski definition) is 2. The quantitative estimate of drug-likeness (QED) is 0.874. The Labute approximate surface area is 115 Å². The Hall–Kier alpha value is -1.57. The highest BCUT2D eigenvalue weighted by atomic mass is 32.1. The normalized spacial score (nSPS) is 14.1. The third-order valence-corrected chi connectivity index (χ3v) is 3.51. The van der Waals surface area contributed by atoms with Crippen molar-refractivity contribution in [1.82, 2.24) is 4.90 Å². The zero-order valence-corrected chi connectivity index (χ0v) is 11.6. The number of aliphatic hydroxyl groups is 1. The van der Waals surface area contributed by atoms with E-state index in [2.05, 4.69) is 14.0 Å². The van der Waals surface area contributed by atoms with Crippen molar-refractivity contribution in [3.63, 3.8) is 0 Å². The van der Waals surface area contributed by atoms with E-state index in [4.69, 9.17) is 5.11 Å². The second kappa shape index (κ2) is 6.05. The van der Waals surface area contributed by atoms with Crippen LogP contribution in [0, 0.1) is 0 Å². The minimum absolute atomic E-state index is 0.0232. The fourth-order valence-electron chi connectivity index (χ4n) is 1.62. The van der Waals surface area contributed by atoms with Crippen molar-refractivity contribution in [2.75, 3.05) is 25.5 Å². The van der Waals surface area contributed by atoms with Crippen molar-refractivity contribution in [2.45, 2.75) is 13.0 Å². The summed E-state index contributed by atoms with van der Waals surface area (Å²) in [7, 11) is 1.80. The van der Waals surface area contributed by atoms with Crippen molar-refractivity contribution >= 4 is 34.3 Å². The molecule has 1 aliphatic rings.